The van der Waals surface area contributed by atoms with E-state index in [4.69, 9.17) is 5.73 Å². The van der Waals surface area contributed by atoms with Crippen LogP contribution in [0.4, 0.5) is 10.5 Å². The van der Waals surface area contributed by atoms with Crippen LogP contribution in [-0.2, 0) is 13.0 Å². The lowest BCUT2D eigenvalue weighted by molar-refractivity contribution is 0.0999. The maximum absolute atomic E-state index is 12.1. The fraction of sp³-hybridized carbons (Fsp3) is 0.217. The van der Waals surface area contributed by atoms with Crippen LogP contribution in [0.5, 0.6) is 0 Å². The fourth-order valence-electron chi connectivity index (χ4n) is 3.03. The van der Waals surface area contributed by atoms with Crippen LogP contribution in [0.1, 0.15) is 28.5 Å². The first kappa shape index (κ1) is 21.9. The number of aromatic nitrogens is 2. The zero-order valence-electron chi connectivity index (χ0n) is 17.4. The van der Waals surface area contributed by atoms with E-state index >= 15 is 0 Å². The Labute approximate surface area is 181 Å². The van der Waals surface area contributed by atoms with E-state index in [2.05, 4.69) is 25.9 Å². The third kappa shape index (κ3) is 6.35. The molecular formula is C23H26N6O2. The van der Waals surface area contributed by atoms with E-state index in [1.807, 2.05) is 43.3 Å². The van der Waals surface area contributed by atoms with Crippen molar-refractivity contribution in [3.63, 3.8) is 0 Å². The van der Waals surface area contributed by atoms with Crippen LogP contribution in [0.3, 0.4) is 0 Å². The van der Waals surface area contributed by atoms with Gasteiger partial charge in [0.15, 0.2) is 0 Å². The average Bonchev–Trinajstić information content (AvgIpc) is 2.78. The van der Waals surface area contributed by atoms with Gasteiger partial charge in [0.1, 0.15) is 0 Å². The van der Waals surface area contributed by atoms with Gasteiger partial charge in [0.2, 0.25) is 0 Å². The summed E-state index contributed by atoms with van der Waals surface area (Å²) >= 11 is 0. The number of urea groups is 1. The number of amides is 3. The highest BCUT2D eigenvalue weighted by atomic mass is 16.2. The second kappa shape index (κ2) is 10.8. The number of rotatable bonds is 9. The minimum absolute atomic E-state index is 0.270. The first-order valence-electron chi connectivity index (χ1n) is 10.1. The number of hydrogen-bond donors (Lipinski definition) is 4. The molecule has 160 valence electrons. The normalized spacial score (nSPS) is 10.5. The van der Waals surface area contributed by atoms with Gasteiger partial charge in [-0.3, -0.25) is 14.8 Å². The van der Waals surface area contributed by atoms with Crippen molar-refractivity contribution in [1.29, 1.82) is 0 Å². The lowest BCUT2D eigenvalue weighted by Crippen LogP contribution is -2.30. The number of pyridine rings is 2. The third-order valence-corrected chi connectivity index (χ3v) is 4.64. The Morgan fingerprint density at radius 1 is 1.06 bits per heavy atom. The summed E-state index contributed by atoms with van der Waals surface area (Å²) in [4.78, 5) is 32.4. The maximum Gasteiger partial charge on any atom is 0.319 e. The largest absolute Gasteiger partial charge is 0.366 e. The molecule has 8 heteroatoms. The Bertz CT molecular complexity index is 1020. The van der Waals surface area contributed by atoms with Crippen molar-refractivity contribution in [2.45, 2.75) is 19.9 Å². The molecule has 3 amide bonds. The Kier molecular flexibility index (Phi) is 7.67. The molecular weight excluding hydrogens is 392 g/mol. The Balaban J connectivity index is 1.60. The molecule has 0 saturated carbocycles. The summed E-state index contributed by atoms with van der Waals surface area (Å²) in [6.07, 6.45) is 4.21. The molecule has 8 nitrogen and oxygen atoms in total. The SMILES string of the molecule is CCNCc1nc(-c2ccc(NC(=O)NCCc3cccnc3)cc2)ccc1C(N)=O. The summed E-state index contributed by atoms with van der Waals surface area (Å²) in [5.74, 6) is -0.499. The number of nitrogens with two attached hydrogens (primary N) is 1. The van der Waals surface area contributed by atoms with E-state index in [0.29, 0.717) is 36.5 Å². The fourth-order valence-corrected chi connectivity index (χ4v) is 3.03. The molecule has 2 heterocycles. The van der Waals surface area contributed by atoms with Crippen LogP contribution in [0.25, 0.3) is 11.3 Å². The van der Waals surface area contributed by atoms with Gasteiger partial charge in [-0.15, -0.1) is 0 Å². The molecule has 3 aromatic rings. The molecule has 5 N–H and O–H groups in total. The summed E-state index contributed by atoms with van der Waals surface area (Å²) in [5.41, 5.74) is 9.81. The number of primary amides is 1. The summed E-state index contributed by atoms with van der Waals surface area (Å²) in [5, 5.41) is 8.81. The number of nitrogens with one attached hydrogen (secondary N) is 3. The minimum atomic E-state index is -0.499. The highest BCUT2D eigenvalue weighted by Crippen LogP contribution is 2.21. The van der Waals surface area contributed by atoms with E-state index in [0.717, 1.165) is 23.4 Å². The van der Waals surface area contributed by atoms with Gasteiger partial charge in [-0.05, 0) is 48.9 Å². The molecule has 2 aromatic heterocycles. The maximum atomic E-state index is 12.1. The first-order chi connectivity index (χ1) is 15.1. The summed E-state index contributed by atoms with van der Waals surface area (Å²) in [6.45, 7) is 3.71. The highest BCUT2D eigenvalue weighted by molar-refractivity contribution is 5.94. The monoisotopic (exact) mass is 418 g/mol. The Morgan fingerprint density at radius 3 is 2.55 bits per heavy atom. The zero-order chi connectivity index (χ0) is 22.1. The zero-order valence-corrected chi connectivity index (χ0v) is 17.4. The number of benzene rings is 1. The molecule has 0 saturated heterocycles. The quantitative estimate of drug-likeness (QED) is 0.426. The highest BCUT2D eigenvalue weighted by Gasteiger charge is 2.11. The second-order valence-corrected chi connectivity index (χ2v) is 6.90. The summed E-state index contributed by atoms with van der Waals surface area (Å²) < 4.78 is 0. The summed E-state index contributed by atoms with van der Waals surface area (Å²) in [6, 6.07) is 14.4. The molecule has 0 spiro atoms. The number of carbonyl (C=O) groups excluding carboxylic acids is 2. The Morgan fingerprint density at radius 2 is 1.87 bits per heavy atom. The van der Waals surface area contributed by atoms with E-state index in [-0.39, 0.29) is 6.03 Å². The molecule has 0 aliphatic carbocycles. The lowest BCUT2D eigenvalue weighted by Gasteiger charge is -2.11. The van der Waals surface area contributed by atoms with Gasteiger partial charge in [-0.25, -0.2) is 4.79 Å². The molecule has 0 fully saturated rings. The molecule has 0 bridgehead atoms. The van der Waals surface area contributed by atoms with Crippen LogP contribution >= 0.6 is 0 Å². The van der Waals surface area contributed by atoms with E-state index in [1.54, 1.807) is 24.5 Å². The van der Waals surface area contributed by atoms with Gasteiger partial charge in [-0.1, -0.05) is 25.1 Å². The molecule has 1 aromatic carbocycles. The molecule has 3 rings (SSSR count). The number of hydrogen-bond acceptors (Lipinski definition) is 5. The van der Waals surface area contributed by atoms with Gasteiger partial charge < -0.3 is 21.7 Å². The van der Waals surface area contributed by atoms with Crippen molar-refractivity contribution in [3.05, 3.63) is 77.7 Å². The van der Waals surface area contributed by atoms with Crippen molar-refractivity contribution in [3.8, 4) is 11.3 Å². The third-order valence-electron chi connectivity index (χ3n) is 4.64. The van der Waals surface area contributed by atoms with Gasteiger partial charge in [0.05, 0.1) is 17.0 Å². The Hall–Kier alpha value is -3.78. The number of carbonyl (C=O) groups is 2. The van der Waals surface area contributed by atoms with Gasteiger partial charge in [0.25, 0.3) is 5.91 Å². The predicted octanol–water partition coefficient (Wildman–Crippen LogP) is 2.72. The lowest BCUT2D eigenvalue weighted by atomic mass is 10.1. The standard InChI is InChI=1S/C23H26N6O2/c1-2-25-15-21-19(22(24)30)9-10-20(29-21)17-5-7-18(8-6-17)28-23(31)27-13-11-16-4-3-12-26-14-16/h3-10,12,14,25H,2,11,13,15H2,1H3,(H2,24,30)(H2,27,28,31). The average molecular weight is 419 g/mol. The molecule has 0 radical (unpaired) electrons. The van der Waals surface area contributed by atoms with Crippen LogP contribution in [0, 0.1) is 0 Å². The smallest absolute Gasteiger partial charge is 0.319 e. The van der Waals surface area contributed by atoms with Crippen LogP contribution in [-0.4, -0.2) is 35.0 Å². The van der Waals surface area contributed by atoms with Crippen molar-refractivity contribution >= 4 is 17.6 Å². The molecule has 0 aliphatic rings. The molecule has 0 unspecified atom stereocenters. The van der Waals surface area contributed by atoms with Crippen LogP contribution < -0.4 is 21.7 Å². The van der Waals surface area contributed by atoms with Crippen LogP contribution in [0.15, 0.2) is 60.9 Å². The van der Waals surface area contributed by atoms with Gasteiger partial charge >= 0.3 is 6.03 Å². The van der Waals surface area contributed by atoms with E-state index in [1.165, 1.54) is 0 Å². The molecule has 0 aliphatic heterocycles. The second-order valence-electron chi connectivity index (χ2n) is 6.90. The van der Waals surface area contributed by atoms with Crippen molar-refractivity contribution in [2.24, 2.45) is 5.73 Å². The predicted molar refractivity (Wildman–Crippen MR) is 121 cm³/mol. The topological polar surface area (TPSA) is 122 Å². The van der Waals surface area contributed by atoms with Crippen molar-refractivity contribution in [2.75, 3.05) is 18.4 Å². The number of nitrogens with zero attached hydrogens (tertiary/aromatic N) is 2. The van der Waals surface area contributed by atoms with E-state index in [9.17, 15) is 9.59 Å². The molecule has 0 atom stereocenters. The summed E-state index contributed by atoms with van der Waals surface area (Å²) in [7, 11) is 0. The molecule has 31 heavy (non-hydrogen) atoms. The minimum Gasteiger partial charge on any atom is -0.366 e. The van der Waals surface area contributed by atoms with Crippen molar-refractivity contribution in [1.82, 2.24) is 20.6 Å². The van der Waals surface area contributed by atoms with Crippen LogP contribution in [0.2, 0.25) is 0 Å². The first-order valence-corrected chi connectivity index (χ1v) is 10.1. The number of anilines is 1. The van der Waals surface area contributed by atoms with Crippen molar-refractivity contribution < 1.29 is 9.59 Å². The van der Waals surface area contributed by atoms with E-state index < -0.39 is 5.91 Å². The van der Waals surface area contributed by atoms with Gasteiger partial charge in [-0.2, -0.15) is 0 Å². The van der Waals surface area contributed by atoms with Gasteiger partial charge in [0, 0.05) is 36.7 Å².